The molecule has 0 spiro atoms. The quantitative estimate of drug-likeness (QED) is 0.266. The van der Waals surface area contributed by atoms with Crippen LogP contribution in [-0.4, -0.2) is 30.1 Å². The number of ether oxygens (including phenoxy) is 1. The number of hydrogen-bond donors (Lipinski definition) is 2. The third kappa shape index (κ3) is 6.36. The van der Waals surface area contributed by atoms with Crippen LogP contribution in [0.4, 0.5) is 10.7 Å². The molecule has 36 heavy (non-hydrogen) atoms. The van der Waals surface area contributed by atoms with Crippen molar-refractivity contribution in [3.8, 4) is 0 Å². The predicted molar refractivity (Wildman–Crippen MR) is 146 cm³/mol. The molecule has 0 saturated heterocycles. The first-order valence-corrected chi connectivity index (χ1v) is 13.9. The van der Waals surface area contributed by atoms with E-state index in [4.69, 9.17) is 4.74 Å². The Hall–Kier alpha value is -3.10. The van der Waals surface area contributed by atoms with Crippen molar-refractivity contribution in [3.63, 3.8) is 0 Å². The van der Waals surface area contributed by atoms with Gasteiger partial charge in [0.25, 0.3) is 5.91 Å². The maximum Gasteiger partial charge on any atom is 0.341 e. The Labute approximate surface area is 219 Å². The van der Waals surface area contributed by atoms with Crippen molar-refractivity contribution in [1.29, 1.82) is 0 Å². The molecule has 4 rings (SSSR count). The molecular weight excluding hydrogens is 492 g/mol. The van der Waals surface area contributed by atoms with Gasteiger partial charge >= 0.3 is 5.97 Å². The Morgan fingerprint density at radius 2 is 1.89 bits per heavy atom. The molecule has 8 heteroatoms. The molecule has 0 bridgehead atoms. The molecule has 0 saturated carbocycles. The number of benzene rings is 2. The number of aryl methyl sites for hydroxylation is 1. The van der Waals surface area contributed by atoms with Crippen molar-refractivity contribution in [2.24, 2.45) is 5.92 Å². The largest absolute Gasteiger partial charge is 0.462 e. The summed E-state index contributed by atoms with van der Waals surface area (Å²) in [7, 11) is 0. The summed E-state index contributed by atoms with van der Waals surface area (Å²) in [5, 5.41) is 6.44. The number of thioether (sulfide) groups is 1. The van der Waals surface area contributed by atoms with Crippen LogP contribution in [0, 0.1) is 12.8 Å². The Balaban J connectivity index is 1.40. The topological polar surface area (TPSA) is 84.5 Å². The van der Waals surface area contributed by atoms with Crippen LogP contribution in [-0.2, 0) is 22.4 Å². The summed E-state index contributed by atoms with van der Waals surface area (Å²) in [5.41, 5.74) is 3.88. The van der Waals surface area contributed by atoms with Crippen LogP contribution in [0.15, 0.2) is 53.4 Å². The van der Waals surface area contributed by atoms with E-state index < -0.39 is 0 Å². The van der Waals surface area contributed by atoms with Crippen LogP contribution in [0.3, 0.4) is 0 Å². The van der Waals surface area contributed by atoms with Gasteiger partial charge in [0.2, 0.25) is 5.91 Å². The fourth-order valence-electron chi connectivity index (χ4n) is 4.14. The standard InChI is InChI=1S/C28H30N2O4S2/c1-4-34-28(33)25-22-13-10-18(3)14-23(22)36-27(25)30-24(31)16-35-21-7-5-6-20(15-21)29-26(32)19-11-8-17(2)9-12-19/h5-9,11-12,15,18H,4,10,13-14,16H2,1-3H3,(H,29,32)(H,30,31). The zero-order valence-electron chi connectivity index (χ0n) is 20.7. The van der Waals surface area contributed by atoms with Crippen molar-refractivity contribution in [3.05, 3.63) is 75.7 Å². The molecule has 2 aromatic carbocycles. The summed E-state index contributed by atoms with van der Waals surface area (Å²) in [5.74, 6) is -0.00591. The first kappa shape index (κ1) is 26.0. The second-order valence-corrected chi connectivity index (χ2v) is 11.1. The van der Waals surface area contributed by atoms with Crippen LogP contribution in [0.2, 0.25) is 0 Å². The maximum absolute atomic E-state index is 12.8. The number of amides is 2. The van der Waals surface area contributed by atoms with Gasteiger partial charge in [-0.3, -0.25) is 9.59 Å². The summed E-state index contributed by atoms with van der Waals surface area (Å²) in [4.78, 5) is 40.0. The normalized spacial score (nSPS) is 14.6. The van der Waals surface area contributed by atoms with E-state index in [1.165, 1.54) is 23.1 Å². The first-order chi connectivity index (χ1) is 17.3. The lowest BCUT2D eigenvalue weighted by Gasteiger charge is -2.18. The minimum absolute atomic E-state index is 0.177. The predicted octanol–water partition coefficient (Wildman–Crippen LogP) is 6.34. The van der Waals surface area contributed by atoms with Crippen molar-refractivity contribution < 1.29 is 19.1 Å². The molecule has 0 radical (unpaired) electrons. The highest BCUT2D eigenvalue weighted by atomic mass is 32.2. The number of carbonyl (C=O) groups excluding carboxylic acids is 3. The second kappa shape index (κ2) is 11.8. The SMILES string of the molecule is CCOC(=O)c1c(NC(=O)CSc2cccc(NC(=O)c3ccc(C)cc3)c2)sc2c1CCC(C)C2. The molecule has 1 heterocycles. The van der Waals surface area contributed by atoms with Crippen LogP contribution in [0.1, 0.15) is 57.0 Å². The highest BCUT2D eigenvalue weighted by molar-refractivity contribution is 8.00. The van der Waals surface area contributed by atoms with Crippen LogP contribution in [0.25, 0.3) is 0 Å². The highest BCUT2D eigenvalue weighted by Gasteiger charge is 2.29. The molecule has 1 aliphatic rings. The summed E-state index contributed by atoms with van der Waals surface area (Å²) in [6, 6.07) is 14.8. The average Bonchev–Trinajstić information content (AvgIpc) is 3.20. The third-order valence-electron chi connectivity index (χ3n) is 6.02. The van der Waals surface area contributed by atoms with Crippen molar-refractivity contribution in [2.45, 2.75) is 44.9 Å². The smallest absolute Gasteiger partial charge is 0.341 e. The van der Waals surface area contributed by atoms with Gasteiger partial charge in [-0.25, -0.2) is 4.79 Å². The number of nitrogens with one attached hydrogen (secondary N) is 2. The van der Waals surface area contributed by atoms with E-state index >= 15 is 0 Å². The molecule has 1 atom stereocenters. The van der Waals surface area contributed by atoms with E-state index in [1.807, 2.05) is 43.3 Å². The van der Waals surface area contributed by atoms with Gasteiger partial charge in [0.05, 0.1) is 17.9 Å². The maximum atomic E-state index is 12.8. The fraction of sp³-hybridized carbons (Fsp3) is 0.321. The molecule has 2 N–H and O–H groups in total. The molecule has 188 valence electrons. The van der Waals surface area contributed by atoms with Gasteiger partial charge in [-0.2, -0.15) is 0 Å². The van der Waals surface area contributed by atoms with Gasteiger partial charge < -0.3 is 15.4 Å². The van der Waals surface area contributed by atoms with Gasteiger partial charge in [-0.15, -0.1) is 23.1 Å². The molecule has 0 fully saturated rings. The van der Waals surface area contributed by atoms with Gasteiger partial charge in [0, 0.05) is 21.0 Å². The fourth-order valence-corrected chi connectivity index (χ4v) is 6.31. The molecule has 3 aromatic rings. The lowest BCUT2D eigenvalue weighted by Crippen LogP contribution is -2.17. The summed E-state index contributed by atoms with van der Waals surface area (Å²) >= 11 is 2.86. The van der Waals surface area contributed by atoms with Gasteiger partial charge in [0.15, 0.2) is 0 Å². The number of thiophene rings is 1. The average molecular weight is 523 g/mol. The Morgan fingerprint density at radius 1 is 1.11 bits per heavy atom. The molecule has 0 aliphatic heterocycles. The Kier molecular flexibility index (Phi) is 8.48. The van der Waals surface area contributed by atoms with E-state index in [1.54, 1.807) is 19.1 Å². The van der Waals surface area contributed by atoms with Crippen LogP contribution in [0.5, 0.6) is 0 Å². The molecular formula is C28H30N2O4S2. The van der Waals surface area contributed by atoms with Crippen molar-refractivity contribution in [1.82, 2.24) is 0 Å². The van der Waals surface area contributed by atoms with Crippen molar-refractivity contribution >= 4 is 51.6 Å². The molecule has 1 aromatic heterocycles. The molecule has 1 aliphatic carbocycles. The van der Waals surface area contributed by atoms with E-state index in [0.717, 1.165) is 40.2 Å². The number of fused-ring (bicyclic) bond motifs is 1. The van der Waals surface area contributed by atoms with E-state index in [9.17, 15) is 14.4 Å². The summed E-state index contributed by atoms with van der Waals surface area (Å²) in [6.07, 6.45) is 2.77. The Bertz CT molecular complexity index is 1270. The van der Waals surface area contributed by atoms with Crippen molar-refractivity contribution in [2.75, 3.05) is 23.0 Å². The number of hydrogen-bond acceptors (Lipinski definition) is 6. The van der Waals surface area contributed by atoms with Crippen LogP contribution >= 0.6 is 23.1 Å². The molecule has 6 nitrogen and oxygen atoms in total. The number of anilines is 2. The lowest BCUT2D eigenvalue weighted by molar-refractivity contribution is -0.113. The second-order valence-electron chi connectivity index (χ2n) is 8.96. The number of rotatable bonds is 8. The monoisotopic (exact) mass is 522 g/mol. The van der Waals surface area contributed by atoms with Gasteiger partial charge in [-0.05, 0) is 74.9 Å². The Morgan fingerprint density at radius 3 is 2.64 bits per heavy atom. The first-order valence-electron chi connectivity index (χ1n) is 12.1. The minimum atomic E-state index is -0.371. The highest BCUT2D eigenvalue weighted by Crippen LogP contribution is 2.40. The number of carbonyl (C=O) groups is 3. The third-order valence-corrected chi connectivity index (χ3v) is 8.18. The zero-order valence-corrected chi connectivity index (χ0v) is 22.3. The summed E-state index contributed by atoms with van der Waals surface area (Å²) in [6.45, 7) is 6.26. The number of esters is 1. The van der Waals surface area contributed by atoms with Crippen LogP contribution < -0.4 is 10.6 Å². The zero-order chi connectivity index (χ0) is 25.7. The van der Waals surface area contributed by atoms with E-state index in [0.29, 0.717) is 34.3 Å². The summed E-state index contributed by atoms with van der Waals surface area (Å²) < 4.78 is 5.29. The van der Waals surface area contributed by atoms with Gasteiger partial charge in [0.1, 0.15) is 5.00 Å². The van der Waals surface area contributed by atoms with E-state index in [2.05, 4.69) is 17.6 Å². The minimum Gasteiger partial charge on any atom is -0.462 e. The van der Waals surface area contributed by atoms with Gasteiger partial charge in [-0.1, -0.05) is 30.7 Å². The molecule has 1 unspecified atom stereocenters. The van der Waals surface area contributed by atoms with E-state index in [-0.39, 0.29) is 23.5 Å². The molecule has 2 amide bonds. The lowest BCUT2D eigenvalue weighted by atomic mass is 9.88.